The zero-order valence-electron chi connectivity index (χ0n) is 9.51. The summed E-state index contributed by atoms with van der Waals surface area (Å²) in [5.74, 6) is 1.70. The Kier molecular flexibility index (Phi) is 2.71. The van der Waals surface area contributed by atoms with Gasteiger partial charge in [-0.1, -0.05) is 13.8 Å². The second-order valence-electron chi connectivity index (χ2n) is 4.33. The highest BCUT2D eigenvalue weighted by Crippen LogP contribution is 2.19. The van der Waals surface area contributed by atoms with Crippen LogP contribution < -0.4 is 0 Å². The van der Waals surface area contributed by atoms with E-state index in [4.69, 9.17) is 0 Å². The average molecular weight is 203 g/mol. The third-order valence-corrected chi connectivity index (χ3v) is 2.95. The lowest BCUT2D eigenvalue weighted by atomic mass is 10.0. The summed E-state index contributed by atoms with van der Waals surface area (Å²) >= 11 is 0. The normalized spacial score (nSPS) is 20.9. The van der Waals surface area contributed by atoms with Crippen molar-refractivity contribution in [2.45, 2.75) is 19.9 Å². The van der Waals surface area contributed by atoms with E-state index in [1.54, 1.807) is 6.20 Å². The van der Waals surface area contributed by atoms with E-state index in [1.165, 1.54) is 0 Å². The van der Waals surface area contributed by atoms with Gasteiger partial charge in [0.15, 0.2) is 0 Å². The van der Waals surface area contributed by atoms with Gasteiger partial charge in [-0.25, -0.2) is 0 Å². The van der Waals surface area contributed by atoms with Crippen molar-refractivity contribution in [2.24, 2.45) is 10.9 Å². The van der Waals surface area contributed by atoms with Gasteiger partial charge in [0.2, 0.25) is 0 Å². The molecule has 1 unspecified atom stereocenters. The fourth-order valence-corrected chi connectivity index (χ4v) is 2.02. The zero-order chi connectivity index (χ0) is 10.8. The molecule has 1 aromatic rings. The summed E-state index contributed by atoms with van der Waals surface area (Å²) in [6, 6.07) is 4.54. The summed E-state index contributed by atoms with van der Waals surface area (Å²) < 4.78 is 0. The molecule has 2 heterocycles. The molecule has 0 amide bonds. The molecule has 0 radical (unpaired) electrons. The van der Waals surface area contributed by atoms with Crippen molar-refractivity contribution in [3.63, 3.8) is 0 Å². The highest BCUT2D eigenvalue weighted by Gasteiger charge is 2.27. The third-order valence-electron chi connectivity index (χ3n) is 2.95. The Morgan fingerprint density at radius 2 is 2.27 bits per heavy atom. The summed E-state index contributed by atoms with van der Waals surface area (Å²) in [4.78, 5) is 11.0. The van der Waals surface area contributed by atoms with E-state index >= 15 is 0 Å². The Labute approximate surface area is 90.9 Å². The molecular weight excluding hydrogens is 186 g/mol. The van der Waals surface area contributed by atoms with Gasteiger partial charge in [-0.2, -0.15) is 0 Å². The van der Waals surface area contributed by atoms with Crippen molar-refractivity contribution >= 4 is 5.84 Å². The molecule has 0 aromatic carbocycles. The monoisotopic (exact) mass is 203 g/mol. The van der Waals surface area contributed by atoms with Crippen molar-refractivity contribution in [1.29, 1.82) is 0 Å². The van der Waals surface area contributed by atoms with Crippen molar-refractivity contribution in [2.75, 3.05) is 13.6 Å². The van der Waals surface area contributed by atoms with Gasteiger partial charge >= 0.3 is 0 Å². The molecule has 0 fully saturated rings. The van der Waals surface area contributed by atoms with Gasteiger partial charge in [0, 0.05) is 25.0 Å². The molecule has 3 nitrogen and oxygen atoms in total. The Hall–Kier alpha value is -1.38. The van der Waals surface area contributed by atoms with E-state index in [9.17, 15) is 0 Å². The van der Waals surface area contributed by atoms with Gasteiger partial charge in [-0.3, -0.25) is 9.98 Å². The Bertz CT molecular complexity index is 356. The summed E-state index contributed by atoms with van der Waals surface area (Å²) in [5.41, 5.74) is 1.11. The number of aliphatic imine (C=N–C) groups is 1. The van der Waals surface area contributed by atoms with Crippen LogP contribution in [0.3, 0.4) is 0 Å². The van der Waals surface area contributed by atoms with Crippen LogP contribution in [0.5, 0.6) is 0 Å². The molecule has 1 aliphatic heterocycles. The Morgan fingerprint density at radius 1 is 1.47 bits per heavy atom. The highest BCUT2D eigenvalue weighted by atomic mass is 15.2. The number of hydrogen-bond acceptors (Lipinski definition) is 3. The van der Waals surface area contributed by atoms with Gasteiger partial charge in [0.25, 0.3) is 0 Å². The lowest BCUT2D eigenvalue weighted by Crippen LogP contribution is -2.36. The van der Waals surface area contributed by atoms with E-state index in [2.05, 4.69) is 41.8 Å². The van der Waals surface area contributed by atoms with E-state index < -0.39 is 0 Å². The Balaban J connectivity index is 2.20. The molecule has 15 heavy (non-hydrogen) atoms. The molecule has 1 aliphatic rings. The van der Waals surface area contributed by atoms with E-state index in [0.717, 1.165) is 17.9 Å². The molecule has 2 rings (SSSR count). The van der Waals surface area contributed by atoms with Crippen molar-refractivity contribution in [1.82, 2.24) is 9.88 Å². The van der Waals surface area contributed by atoms with Crippen LogP contribution in [-0.4, -0.2) is 35.4 Å². The molecule has 0 bridgehead atoms. The maximum atomic E-state index is 4.59. The van der Waals surface area contributed by atoms with Crippen molar-refractivity contribution in [3.05, 3.63) is 30.1 Å². The number of amidine groups is 1. The topological polar surface area (TPSA) is 28.5 Å². The smallest absolute Gasteiger partial charge is 0.132 e. The second-order valence-corrected chi connectivity index (χ2v) is 4.33. The molecule has 80 valence electrons. The van der Waals surface area contributed by atoms with Gasteiger partial charge in [-0.05, 0) is 18.1 Å². The van der Waals surface area contributed by atoms with Crippen LogP contribution in [-0.2, 0) is 0 Å². The first kappa shape index (κ1) is 10.1. The van der Waals surface area contributed by atoms with Gasteiger partial charge < -0.3 is 4.90 Å². The molecule has 0 spiro atoms. The first-order chi connectivity index (χ1) is 7.20. The van der Waals surface area contributed by atoms with Crippen LogP contribution in [0.1, 0.15) is 19.4 Å². The average Bonchev–Trinajstić information content (AvgIpc) is 2.61. The molecule has 3 heteroatoms. The minimum absolute atomic E-state index is 0.528. The summed E-state index contributed by atoms with van der Waals surface area (Å²) in [7, 11) is 2.11. The maximum absolute atomic E-state index is 4.59. The first-order valence-electron chi connectivity index (χ1n) is 5.38. The predicted octanol–water partition coefficient (Wildman–Crippen LogP) is 1.80. The first-order valence-corrected chi connectivity index (χ1v) is 5.38. The number of likely N-dealkylation sites (N-methyl/N-ethyl adjacent to an activating group) is 1. The van der Waals surface area contributed by atoms with E-state index in [0.29, 0.717) is 12.0 Å². The minimum Gasteiger partial charge on any atom is -0.354 e. The number of pyridine rings is 1. The molecular formula is C12H17N3. The fraction of sp³-hybridized carbons (Fsp3) is 0.500. The number of rotatable bonds is 2. The molecule has 0 N–H and O–H groups in total. The van der Waals surface area contributed by atoms with Crippen LogP contribution in [0.15, 0.2) is 29.5 Å². The highest BCUT2D eigenvalue weighted by molar-refractivity contribution is 5.99. The largest absolute Gasteiger partial charge is 0.354 e. The van der Waals surface area contributed by atoms with Gasteiger partial charge in [0.1, 0.15) is 5.84 Å². The fourth-order valence-electron chi connectivity index (χ4n) is 2.02. The van der Waals surface area contributed by atoms with Gasteiger partial charge in [-0.15, -0.1) is 0 Å². The van der Waals surface area contributed by atoms with Crippen LogP contribution in [0.4, 0.5) is 0 Å². The summed E-state index contributed by atoms with van der Waals surface area (Å²) in [6.07, 6.45) is 3.66. The second kappa shape index (κ2) is 4.01. The lowest BCUT2D eigenvalue weighted by molar-refractivity contribution is 0.319. The number of hydrogen-bond donors (Lipinski definition) is 0. The molecule has 0 saturated carbocycles. The van der Waals surface area contributed by atoms with Crippen LogP contribution in [0.25, 0.3) is 0 Å². The summed E-state index contributed by atoms with van der Waals surface area (Å²) in [6.45, 7) is 5.38. The van der Waals surface area contributed by atoms with Crippen LogP contribution in [0, 0.1) is 5.92 Å². The minimum atomic E-state index is 0.528. The SMILES string of the molecule is CC(C)C1CN=C(c2cccnc2)N1C. The lowest BCUT2D eigenvalue weighted by Gasteiger charge is -2.26. The van der Waals surface area contributed by atoms with Crippen LogP contribution in [0.2, 0.25) is 0 Å². The number of nitrogens with zero attached hydrogens (tertiary/aromatic N) is 3. The predicted molar refractivity (Wildman–Crippen MR) is 62.0 cm³/mol. The Morgan fingerprint density at radius 3 is 2.80 bits per heavy atom. The van der Waals surface area contributed by atoms with E-state index in [1.807, 2.05) is 12.3 Å². The van der Waals surface area contributed by atoms with Crippen molar-refractivity contribution in [3.8, 4) is 0 Å². The van der Waals surface area contributed by atoms with E-state index in [-0.39, 0.29) is 0 Å². The standard InChI is InChI=1S/C12H17N3/c1-9(2)11-8-14-12(15(11)3)10-5-4-6-13-7-10/h4-7,9,11H,8H2,1-3H3. The maximum Gasteiger partial charge on any atom is 0.132 e. The number of aromatic nitrogens is 1. The molecule has 1 aromatic heterocycles. The van der Waals surface area contributed by atoms with Crippen LogP contribution >= 0.6 is 0 Å². The quantitative estimate of drug-likeness (QED) is 0.733. The molecule has 1 atom stereocenters. The third kappa shape index (κ3) is 1.87. The summed E-state index contributed by atoms with van der Waals surface area (Å²) in [5, 5.41) is 0. The molecule has 0 aliphatic carbocycles. The molecule has 0 saturated heterocycles. The van der Waals surface area contributed by atoms with Gasteiger partial charge in [0.05, 0.1) is 12.6 Å². The van der Waals surface area contributed by atoms with Crippen molar-refractivity contribution < 1.29 is 0 Å². The zero-order valence-corrected chi connectivity index (χ0v) is 9.51.